The second-order valence-electron chi connectivity index (χ2n) is 5.25. The van der Waals surface area contributed by atoms with Crippen LogP contribution in [0.1, 0.15) is 22.1 Å². The Hall–Kier alpha value is -1.26. The highest BCUT2D eigenvalue weighted by atomic mass is 79.9. The number of benzene rings is 2. The predicted molar refractivity (Wildman–Crippen MR) is 92.7 cm³/mol. The van der Waals surface area contributed by atoms with Gasteiger partial charge in [-0.05, 0) is 54.8 Å². The van der Waals surface area contributed by atoms with Crippen LogP contribution in [-0.2, 0) is 4.79 Å². The van der Waals surface area contributed by atoms with Crippen molar-refractivity contribution in [3.05, 3.63) is 63.6 Å². The van der Waals surface area contributed by atoms with Crippen LogP contribution in [-0.4, -0.2) is 11.7 Å². The summed E-state index contributed by atoms with van der Waals surface area (Å²) in [6.45, 7) is 4.17. The highest BCUT2D eigenvalue weighted by Crippen LogP contribution is 2.42. The van der Waals surface area contributed by atoms with Crippen LogP contribution < -0.4 is 4.90 Å². The quantitative estimate of drug-likeness (QED) is 0.762. The Balaban J connectivity index is 1.99. The molecule has 1 aliphatic rings. The van der Waals surface area contributed by atoms with E-state index in [-0.39, 0.29) is 11.3 Å². The second-order valence-corrected chi connectivity index (χ2v) is 7.23. The zero-order valence-electron chi connectivity index (χ0n) is 12.0. The summed E-state index contributed by atoms with van der Waals surface area (Å²) in [5.74, 6) is 0.712. The third-order valence-electron chi connectivity index (χ3n) is 3.79. The molecule has 0 saturated carbocycles. The van der Waals surface area contributed by atoms with Gasteiger partial charge >= 0.3 is 0 Å². The van der Waals surface area contributed by atoms with Crippen molar-refractivity contribution in [2.45, 2.75) is 19.2 Å². The summed E-state index contributed by atoms with van der Waals surface area (Å²) in [7, 11) is 0. The van der Waals surface area contributed by atoms with Gasteiger partial charge in [0.25, 0.3) is 0 Å². The fraction of sp³-hybridized carbons (Fsp3) is 0.235. The molecule has 108 valence electrons. The molecule has 1 fully saturated rings. The van der Waals surface area contributed by atoms with Gasteiger partial charge in [0, 0.05) is 10.2 Å². The summed E-state index contributed by atoms with van der Waals surface area (Å²) in [5.41, 5.74) is 4.61. The SMILES string of the molecule is Cc1ccc(N2C(=O)CS[C@H]2c2ccc(Br)cc2)cc1C. The first-order chi connectivity index (χ1) is 10.1. The summed E-state index contributed by atoms with van der Waals surface area (Å²) in [5, 5.41) is 0.0627. The lowest BCUT2D eigenvalue weighted by atomic mass is 10.1. The van der Waals surface area contributed by atoms with Gasteiger partial charge in [-0.3, -0.25) is 9.69 Å². The van der Waals surface area contributed by atoms with E-state index in [1.807, 2.05) is 23.1 Å². The molecule has 1 heterocycles. The maximum atomic E-state index is 12.3. The summed E-state index contributed by atoms with van der Waals surface area (Å²) in [6.07, 6.45) is 0. The monoisotopic (exact) mass is 361 g/mol. The minimum Gasteiger partial charge on any atom is -0.295 e. The summed E-state index contributed by atoms with van der Waals surface area (Å²) >= 11 is 5.14. The lowest BCUT2D eigenvalue weighted by molar-refractivity contribution is -0.115. The highest BCUT2D eigenvalue weighted by Gasteiger charge is 2.34. The van der Waals surface area contributed by atoms with Crippen molar-refractivity contribution in [1.82, 2.24) is 0 Å². The first kappa shape index (κ1) is 14.7. The number of hydrogen-bond donors (Lipinski definition) is 0. The van der Waals surface area contributed by atoms with E-state index in [0.717, 1.165) is 15.7 Å². The number of halogens is 1. The van der Waals surface area contributed by atoms with E-state index in [4.69, 9.17) is 0 Å². The van der Waals surface area contributed by atoms with Gasteiger partial charge in [0.2, 0.25) is 5.91 Å². The Kier molecular flexibility index (Phi) is 4.09. The maximum Gasteiger partial charge on any atom is 0.238 e. The van der Waals surface area contributed by atoms with Crippen LogP contribution in [0.2, 0.25) is 0 Å². The molecule has 0 unspecified atom stereocenters. The van der Waals surface area contributed by atoms with Gasteiger partial charge < -0.3 is 0 Å². The summed E-state index contributed by atoms with van der Waals surface area (Å²) in [6, 6.07) is 14.4. The predicted octanol–water partition coefficient (Wildman–Crippen LogP) is 4.84. The minimum absolute atomic E-state index is 0.0627. The Morgan fingerprint density at radius 3 is 2.48 bits per heavy atom. The number of carbonyl (C=O) groups excluding carboxylic acids is 1. The van der Waals surface area contributed by atoms with E-state index in [0.29, 0.717) is 5.75 Å². The number of anilines is 1. The summed E-state index contributed by atoms with van der Waals surface area (Å²) in [4.78, 5) is 14.2. The molecule has 21 heavy (non-hydrogen) atoms. The van der Waals surface area contributed by atoms with E-state index >= 15 is 0 Å². The number of hydrogen-bond acceptors (Lipinski definition) is 2. The van der Waals surface area contributed by atoms with E-state index in [9.17, 15) is 4.79 Å². The van der Waals surface area contributed by atoms with Crippen molar-refractivity contribution in [1.29, 1.82) is 0 Å². The van der Waals surface area contributed by atoms with Gasteiger partial charge in [0.15, 0.2) is 0 Å². The topological polar surface area (TPSA) is 20.3 Å². The lowest BCUT2D eigenvalue weighted by Gasteiger charge is -2.25. The third kappa shape index (κ3) is 2.87. The van der Waals surface area contributed by atoms with E-state index < -0.39 is 0 Å². The fourth-order valence-electron chi connectivity index (χ4n) is 2.45. The van der Waals surface area contributed by atoms with Gasteiger partial charge in [0.05, 0.1) is 5.75 Å². The van der Waals surface area contributed by atoms with Gasteiger partial charge in [-0.15, -0.1) is 11.8 Å². The van der Waals surface area contributed by atoms with Crippen LogP contribution >= 0.6 is 27.7 Å². The van der Waals surface area contributed by atoms with Crippen LogP contribution in [0, 0.1) is 13.8 Å². The fourth-order valence-corrected chi connectivity index (χ4v) is 3.89. The van der Waals surface area contributed by atoms with Crippen LogP contribution in [0.4, 0.5) is 5.69 Å². The molecule has 1 aliphatic heterocycles. The normalized spacial score (nSPS) is 18.3. The minimum atomic E-state index is 0.0627. The van der Waals surface area contributed by atoms with E-state index in [1.54, 1.807) is 11.8 Å². The number of amides is 1. The number of nitrogens with zero attached hydrogens (tertiary/aromatic N) is 1. The molecule has 0 aromatic heterocycles. The highest BCUT2D eigenvalue weighted by molar-refractivity contribution is 9.10. The molecule has 0 N–H and O–H groups in total. The average Bonchev–Trinajstić information content (AvgIpc) is 2.85. The Bertz CT molecular complexity index is 684. The van der Waals surface area contributed by atoms with Crippen LogP contribution in [0.25, 0.3) is 0 Å². The lowest BCUT2D eigenvalue weighted by Crippen LogP contribution is -2.27. The number of rotatable bonds is 2. The van der Waals surface area contributed by atoms with Crippen LogP contribution in [0.5, 0.6) is 0 Å². The molecular weight excluding hydrogens is 346 g/mol. The molecule has 2 aromatic carbocycles. The molecule has 1 atom stereocenters. The Morgan fingerprint density at radius 1 is 1.10 bits per heavy atom. The molecule has 1 amide bonds. The van der Waals surface area contributed by atoms with E-state index in [2.05, 4.69) is 54.0 Å². The zero-order valence-corrected chi connectivity index (χ0v) is 14.4. The van der Waals surface area contributed by atoms with Crippen molar-refractivity contribution < 1.29 is 4.79 Å². The average molecular weight is 362 g/mol. The molecular formula is C17H16BrNOS. The first-order valence-corrected chi connectivity index (χ1v) is 8.67. The van der Waals surface area contributed by atoms with Crippen LogP contribution in [0.3, 0.4) is 0 Å². The molecule has 4 heteroatoms. The molecule has 2 aromatic rings. The van der Waals surface area contributed by atoms with Crippen LogP contribution in [0.15, 0.2) is 46.9 Å². The first-order valence-electron chi connectivity index (χ1n) is 6.82. The van der Waals surface area contributed by atoms with E-state index in [1.165, 1.54) is 11.1 Å². The molecule has 0 radical (unpaired) electrons. The second kappa shape index (κ2) is 5.85. The van der Waals surface area contributed by atoms with Gasteiger partial charge in [-0.1, -0.05) is 34.1 Å². The largest absolute Gasteiger partial charge is 0.295 e. The zero-order chi connectivity index (χ0) is 15.0. The molecule has 0 bridgehead atoms. The van der Waals surface area contributed by atoms with Crippen molar-refractivity contribution in [2.75, 3.05) is 10.7 Å². The van der Waals surface area contributed by atoms with Crippen molar-refractivity contribution in [3.8, 4) is 0 Å². The maximum absolute atomic E-state index is 12.3. The van der Waals surface area contributed by atoms with Gasteiger partial charge in [-0.25, -0.2) is 0 Å². The van der Waals surface area contributed by atoms with Crippen molar-refractivity contribution >= 4 is 39.3 Å². The smallest absolute Gasteiger partial charge is 0.238 e. The number of aryl methyl sites for hydroxylation is 2. The Labute approximate surface area is 137 Å². The number of thioether (sulfide) groups is 1. The standard InChI is InChI=1S/C17H16BrNOS/c1-11-3-8-15(9-12(11)2)19-16(20)10-21-17(19)13-4-6-14(18)7-5-13/h3-9,17H,10H2,1-2H3/t17-/m0/s1. The summed E-state index contributed by atoms with van der Waals surface area (Å²) < 4.78 is 1.05. The third-order valence-corrected chi connectivity index (χ3v) is 5.53. The molecule has 0 spiro atoms. The van der Waals surface area contributed by atoms with Gasteiger partial charge in [0.1, 0.15) is 5.37 Å². The molecule has 1 saturated heterocycles. The molecule has 3 rings (SSSR count). The van der Waals surface area contributed by atoms with Gasteiger partial charge in [-0.2, -0.15) is 0 Å². The van der Waals surface area contributed by atoms with Crippen molar-refractivity contribution in [2.24, 2.45) is 0 Å². The van der Waals surface area contributed by atoms with Crippen molar-refractivity contribution in [3.63, 3.8) is 0 Å². The Morgan fingerprint density at radius 2 is 1.81 bits per heavy atom. The molecule has 0 aliphatic carbocycles. The number of carbonyl (C=O) groups is 1. The molecule has 2 nitrogen and oxygen atoms in total.